The Balaban J connectivity index is 1.81. The Hall–Kier alpha value is -2.06. The van der Waals surface area contributed by atoms with Gasteiger partial charge in [-0.05, 0) is 19.8 Å². The molecule has 1 fully saturated rings. The Morgan fingerprint density at radius 3 is 2.60 bits per heavy atom. The van der Waals surface area contributed by atoms with Crippen molar-refractivity contribution in [2.75, 3.05) is 11.1 Å². The van der Waals surface area contributed by atoms with Crippen LogP contribution >= 0.6 is 11.8 Å². The lowest BCUT2D eigenvalue weighted by molar-refractivity contribution is -0.129. The van der Waals surface area contributed by atoms with Crippen LogP contribution in [0.3, 0.4) is 0 Å². The molecule has 0 spiro atoms. The summed E-state index contributed by atoms with van der Waals surface area (Å²) in [5.41, 5.74) is 0.602. The van der Waals surface area contributed by atoms with Gasteiger partial charge >= 0.3 is 5.69 Å². The summed E-state index contributed by atoms with van der Waals surface area (Å²) in [7, 11) is 0. The fourth-order valence-corrected chi connectivity index (χ4v) is 3.57. The number of ether oxygens (including phenoxy) is 1. The van der Waals surface area contributed by atoms with Crippen molar-refractivity contribution in [1.82, 2.24) is 15.0 Å². The van der Waals surface area contributed by atoms with Gasteiger partial charge in [-0.3, -0.25) is 24.7 Å². The Labute approximate surface area is 175 Å². The number of aliphatic hydroxyl groups is 2. The van der Waals surface area contributed by atoms with Crippen molar-refractivity contribution in [3.8, 4) is 0 Å². The van der Waals surface area contributed by atoms with Crippen molar-refractivity contribution in [1.29, 1.82) is 0 Å². The maximum Gasteiger partial charge on any atom is 0.351 e. The quantitative estimate of drug-likeness (QED) is 0.208. The fraction of sp³-hybridized carbons (Fsp3) is 0.647. The third kappa shape index (κ3) is 6.47. The lowest BCUT2D eigenvalue weighted by atomic mass is 10.1. The second-order valence-corrected chi connectivity index (χ2v) is 7.87. The van der Waals surface area contributed by atoms with Gasteiger partial charge in [0.2, 0.25) is 5.91 Å². The molecule has 1 aromatic heterocycles. The van der Waals surface area contributed by atoms with Crippen molar-refractivity contribution in [2.24, 2.45) is 0 Å². The summed E-state index contributed by atoms with van der Waals surface area (Å²) < 4.78 is 20.3. The monoisotopic (exact) mass is 448 g/mol. The first-order valence-corrected chi connectivity index (χ1v) is 10.4. The van der Waals surface area contributed by atoms with Crippen LogP contribution in [0.15, 0.2) is 11.0 Å². The number of nitrogens with one attached hydrogen (secondary N) is 2. The highest BCUT2D eigenvalue weighted by Gasteiger charge is 2.42. The minimum atomic E-state index is -1.42. The first-order chi connectivity index (χ1) is 14.2. The highest BCUT2D eigenvalue weighted by Crippen LogP contribution is 2.28. The third-order valence-corrected chi connectivity index (χ3v) is 5.39. The van der Waals surface area contributed by atoms with E-state index in [1.165, 1.54) is 6.92 Å². The maximum absolute atomic E-state index is 14.3. The second kappa shape index (κ2) is 11.4. The van der Waals surface area contributed by atoms with Gasteiger partial charge in [0, 0.05) is 12.2 Å². The number of thioether (sulfide) groups is 1. The largest absolute Gasteiger partial charge is 0.388 e. The number of aliphatic hydroxyl groups excluding tert-OH is 2. The molecule has 4 atom stereocenters. The Bertz CT molecular complexity index is 809. The predicted molar refractivity (Wildman–Crippen MR) is 105 cm³/mol. The molecule has 30 heavy (non-hydrogen) atoms. The van der Waals surface area contributed by atoms with Crippen LogP contribution in [0.1, 0.15) is 45.3 Å². The first-order valence-electron chi connectivity index (χ1n) is 9.41. The van der Waals surface area contributed by atoms with Crippen LogP contribution in [0.25, 0.3) is 0 Å². The van der Waals surface area contributed by atoms with E-state index < -0.39 is 53.0 Å². The number of hydroxylamine groups is 1. The van der Waals surface area contributed by atoms with Gasteiger partial charge in [-0.15, -0.1) is 0 Å². The molecule has 1 aliphatic heterocycles. The normalized spacial score (nSPS) is 23.4. The van der Waals surface area contributed by atoms with E-state index in [4.69, 9.17) is 9.94 Å². The van der Waals surface area contributed by atoms with E-state index in [0.29, 0.717) is 18.6 Å². The maximum atomic E-state index is 14.3. The molecule has 13 heteroatoms. The number of nitrogens with zero attached hydrogens (tertiary/aromatic N) is 2. The lowest BCUT2D eigenvalue weighted by Gasteiger charge is -2.17. The van der Waals surface area contributed by atoms with Gasteiger partial charge in [0.1, 0.15) is 12.2 Å². The Morgan fingerprint density at radius 1 is 1.27 bits per heavy atom. The molecule has 2 amide bonds. The summed E-state index contributed by atoms with van der Waals surface area (Å²) in [4.78, 5) is 38.4. The van der Waals surface area contributed by atoms with Gasteiger partial charge < -0.3 is 14.9 Å². The molecule has 1 aliphatic rings. The van der Waals surface area contributed by atoms with Gasteiger partial charge in [-0.1, -0.05) is 24.6 Å². The number of hydrogen-bond acceptors (Lipinski definition) is 9. The number of amides is 2. The fourth-order valence-electron chi connectivity index (χ4n) is 2.87. The number of rotatable bonds is 9. The van der Waals surface area contributed by atoms with E-state index in [-0.39, 0.29) is 6.42 Å². The van der Waals surface area contributed by atoms with Crippen molar-refractivity contribution in [3.63, 3.8) is 0 Å². The van der Waals surface area contributed by atoms with E-state index in [9.17, 15) is 29.0 Å². The van der Waals surface area contributed by atoms with Crippen molar-refractivity contribution in [3.05, 3.63) is 22.5 Å². The van der Waals surface area contributed by atoms with Crippen LogP contribution in [0, 0.1) is 5.82 Å². The smallest absolute Gasteiger partial charge is 0.351 e. The number of aromatic nitrogens is 2. The van der Waals surface area contributed by atoms with Gasteiger partial charge in [0.25, 0.3) is 5.24 Å². The predicted octanol–water partition coefficient (Wildman–Crippen LogP) is 0.742. The molecule has 5 N–H and O–H groups in total. The van der Waals surface area contributed by atoms with Gasteiger partial charge in [-0.2, -0.15) is 4.98 Å². The van der Waals surface area contributed by atoms with Crippen LogP contribution in [-0.4, -0.2) is 60.2 Å². The zero-order valence-electron chi connectivity index (χ0n) is 16.3. The summed E-state index contributed by atoms with van der Waals surface area (Å²) >= 11 is 0.903. The van der Waals surface area contributed by atoms with Crippen LogP contribution in [-0.2, 0) is 9.53 Å². The standard InChI is InChI=1S/C17H25FN4O7S/c1-9-12(24)13(25)15(29-9)22-8-10(18)14(19-16(22)26)20-17(27)30-7-5-3-2-4-6-11(23)21-28/h8-9,12-13,15,24-25,28H,2-7H2,1H3,(H,21,23)(H,19,20,26,27). The molecular weight excluding hydrogens is 423 g/mol. The highest BCUT2D eigenvalue weighted by atomic mass is 32.2. The molecular formula is C17H25FN4O7S. The number of carbonyl (C=O) groups is 2. The zero-order chi connectivity index (χ0) is 22.3. The van der Waals surface area contributed by atoms with E-state index in [0.717, 1.165) is 35.4 Å². The summed E-state index contributed by atoms with van der Waals surface area (Å²) in [6, 6.07) is 0. The summed E-state index contributed by atoms with van der Waals surface area (Å²) in [5, 5.41) is 29.7. The summed E-state index contributed by atoms with van der Waals surface area (Å²) in [5.74, 6) is -1.52. The SMILES string of the molecule is CC1OC(n2cc(F)c(NC(=O)SCCCCCCC(=O)NO)nc2=O)C(O)C1O. The van der Waals surface area contributed by atoms with Crippen LogP contribution in [0.4, 0.5) is 15.0 Å². The molecule has 0 aromatic carbocycles. The average molecular weight is 448 g/mol. The van der Waals surface area contributed by atoms with Crippen LogP contribution < -0.4 is 16.5 Å². The van der Waals surface area contributed by atoms with Crippen LogP contribution in [0.2, 0.25) is 0 Å². The summed E-state index contributed by atoms with van der Waals surface area (Å²) in [6.07, 6.45) is -0.868. The Kier molecular flexibility index (Phi) is 9.17. The molecule has 0 bridgehead atoms. The number of hydrogen-bond donors (Lipinski definition) is 5. The summed E-state index contributed by atoms with van der Waals surface area (Å²) in [6.45, 7) is 1.50. The average Bonchev–Trinajstić information content (AvgIpc) is 2.96. The number of unbranched alkanes of at least 4 members (excludes halogenated alkanes) is 3. The number of halogens is 1. The van der Waals surface area contributed by atoms with Gasteiger partial charge in [0.15, 0.2) is 17.9 Å². The van der Waals surface area contributed by atoms with Crippen molar-refractivity contribution >= 4 is 28.7 Å². The molecule has 2 heterocycles. The van der Waals surface area contributed by atoms with E-state index in [1.807, 2.05) is 0 Å². The third-order valence-electron chi connectivity index (χ3n) is 4.53. The minimum absolute atomic E-state index is 0.224. The first kappa shape index (κ1) is 24.2. The zero-order valence-corrected chi connectivity index (χ0v) is 17.1. The van der Waals surface area contributed by atoms with Crippen molar-refractivity contribution in [2.45, 2.75) is 63.6 Å². The second-order valence-electron chi connectivity index (χ2n) is 6.80. The molecule has 1 aromatic rings. The van der Waals surface area contributed by atoms with E-state index in [1.54, 1.807) is 5.48 Å². The van der Waals surface area contributed by atoms with Gasteiger partial charge in [0.05, 0.1) is 12.3 Å². The minimum Gasteiger partial charge on any atom is -0.388 e. The highest BCUT2D eigenvalue weighted by molar-refractivity contribution is 8.13. The molecule has 0 aliphatic carbocycles. The van der Waals surface area contributed by atoms with E-state index in [2.05, 4.69) is 10.3 Å². The number of carbonyl (C=O) groups excluding carboxylic acids is 2. The molecule has 2 rings (SSSR count). The number of anilines is 1. The molecule has 1 saturated heterocycles. The molecule has 11 nitrogen and oxygen atoms in total. The topological polar surface area (TPSA) is 163 Å². The van der Waals surface area contributed by atoms with Crippen molar-refractivity contribution < 1.29 is 34.1 Å². The lowest BCUT2D eigenvalue weighted by Crippen LogP contribution is -2.36. The molecule has 168 valence electrons. The van der Waals surface area contributed by atoms with Crippen LogP contribution in [0.5, 0.6) is 0 Å². The molecule has 0 saturated carbocycles. The van der Waals surface area contributed by atoms with Gasteiger partial charge in [-0.25, -0.2) is 14.7 Å². The Morgan fingerprint density at radius 2 is 1.97 bits per heavy atom. The molecule has 4 unspecified atom stereocenters. The van der Waals surface area contributed by atoms with E-state index >= 15 is 0 Å². The molecule has 0 radical (unpaired) electrons.